The van der Waals surface area contributed by atoms with Crippen molar-refractivity contribution >= 4 is 21.9 Å². The van der Waals surface area contributed by atoms with E-state index in [2.05, 4.69) is 10.3 Å². The molecule has 3 aromatic heterocycles. The molecule has 0 N–H and O–H groups in total. The van der Waals surface area contributed by atoms with Gasteiger partial charge in [0.05, 0.1) is 57.1 Å². The highest BCUT2D eigenvalue weighted by molar-refractivity contribution is 5.83. The molecule has 3 heterocycles. The topological polar surface area (TPSA) is 156 Å². The summed E-state index contributed by atoms with van der Waals surface area (Å²) in [5, 5.41) is 9.48. The molecule has 14 nitrogen and oxygen atoms in total. The summed E-state index contributed by atoms with van der Waals surface area (Å²) in [5.41, 5.74) is 4.45. The van der Waals surface area contributed by atoms with Crippen LogP contribution in [-0.4, -0.2) is 55.6 Å². The van der Waals surface area contributed by atoms with Gasteiger partial charge in [-0.1, -0.05) is 53.7 Å². The molecule has 9 rings (SSSR count). The van der Waals surface area contributed by atoms with Crippen molar-refractivity contribution in [1.29, 1.82) is 0 Å². The van der Waals surface area contributed by atoms with Crippen molar-refractivity contribution in [3.8, 4) is 57.1 Å². The molecule has 0 amide bonds. The van der Waals surface area contributed by atoms with Crippen LogP contribution in [0.3, 0.4) is 0 Å². The van der Waals surface area contributed by atoms with E-state index < -0.39 is 0 Å². The van der Waals surface area contributed by atoms with Crippen LogP contribution in [0.15, 0.2) is 170 Å². The molecule has 0 aliphatic rings. The molecular formula is C56H51N3O11. The molecule has 0 bridgehead atoms. The SMILES string of the molecule is COc1cccc(COc2c(-c3ccc(OCCCCc4cn(CCOCCOc5ccc(-c6oc7ccccc7c(=O)c6OCc6cccc(OC)c6)cc5)nn4)cc3)oc3ccccc3c2=O)c1. The molecule has 9 aromatic rings. The van der Waals surface area contributed by atoms with Crippen LogP contribution in [0, 0.1) is 0 Å². The van der Waals surface area contributed by atoms with Gasteiger partial charge in [-0.05, 0) is 127 Å². The molecule has 14 heteroatoms. The third kappa shape index (κ3) is 11.5. The molecule has 70 heavy (non-hydrogen) atoms. The largest absolute Gasteiger partial charge is 0.497 e. The molecule has 0 saturated heterocycles. The zero-order valence-electron chi connectivity index (χ0n) is 38.8. The standard InChI is InChI=1S/C56H51N3O11/c1-62-45-14-9-11-38(33-45)36-67-55-51(60)47-16-3-5-18-49(47)69-53(55)40-20-24-43(25-21-40)65-29-8-7-13-42-35-59(58-57-42)28-30-64-31-32-66-44-26-22-41(23-27-44)54-56(52(61)48-17-4-6-19-50(48)70-54)68-37-39-12-10-15-46(34-39)63-2/h3-6,9-12,14-27,33-35H,7-8,13,28-32,36-37H2,1-2H3. The third-order valence-corrected chi connectivity index (χ3v) is 11.4. The monoisotopic (exact) mass is 941 g/mol. The molecular weight excluding hydrogens is 891 g/mol. The number of aryl methyl sites for hydroxylation is 1. The van der Waals surface area contributed by atoms with Crippen LogP contribution >= 0.6 is 0 Å². The smallest absolute Gasteiger partial charge is 0.235 e. The van der Waals surface area contributed by atoms with E-state index in [1.807, 2.05) is 115 Å². The van der Waals surface area contributed by atoms with Crippen LogP contribution < -0.4 is 39.3 Å². The molecule has 0 aliphatic carbocycles. The second kappa shape index (κ2) is 22.6. The number of nitrogens with zero attached hydrogens (tertiary/aromatic N) is 3. The number of hydrogen-bond donors (Lipinski definition) is 0. The Hall–Kier alpha value is -8.36. The first-order valence-corrected chi connectivity index (χ1v) is 23.0. The van der Waals surface area contributed by atoms with Crippen LogP contribution in [-0.2, 0) is 30.9 Å². The Labute approximate surface area is 403 Å². The normalized spacial score (nSPS) is 11.2. The van der Waals surface area contributed by atoms with E-state index >= 15 is 0 Å². The minimum absolute atomic E-state index is 0.133. The van der Waals surface area contributed by atoms with Crippen molar-refractivity contribution in [2.45, 2.75) is 39.0 Å². The summed E-state index contributed by atoms with van der Waals surface area (Å²) in [4.78, 5) is 27.2. The first-order chi connectivity index (χ1) is 34.4. The Morgan fingerprint density at radius 1 is 0.514 bits per heavy atom. The van der Waals surface area contributed by atoms with Gasteiger partial charge in [0, 0.05) is 17.3 Å². The van der Waals surface area contributed by atoms with Crippen molar-refractivity contribution < 1.29 is 42.0 Å². The highest BCUT2D eigenvalue weighted by Gasteiger charge is 2.20. The molecule has 0 atom stereocenters. The number of ether oxygens (including phenoxy) is 7. The summed E-state index contributed by atoms with van der Waals surface area (Å²) in [7, 11) is 3.21. The Morgan fingerprint density at radius 3 is 1.59 bits per heavy atom. The summed E-state index contributed by atoms with van der Waals surface area (Å²) in [6.45, 7) is 2.58. The van der Waals surface area contributed by atoms with Crippen molar-refractivity contribution in [2.75, 3.05) is 40.6 Å². The fourth-order valence-electron chi connectivity index (χ4n) is 7.77. The second-order valence-corrected chi connectivity index (χ2v) is 16.2. The molecule has 0 aliphatic heterocycles. The lowest BCUT2D eigenvalue weighted by Crippen LogP contribution is -2.12. The first kappa shape index (κ1) is 46.7. The van der Waals surface area contributed by atoms with Gasteiger partial charge in [-0.2, -0.15) is 0 Å². The van der Waals surface area contributed by atoms with E-state index in [1.165, 1.54) is 0 Å². The minimum Gasteiger partial charge on any atom is -0.497 e. The number of rotatable bonds is 23. The zero-order valence-corrected chi connectivity index (χ0v) is 38.8. The van der Waals surface area contributed by atoms with Gasteiger partial charge >= 0.3 is 0 Å². The highest BCUT2D eigenvalue weighted by atomic mass is 16.5. The number of methoxy groups -OCH3 is 2. The Morgan fingerprint density at radius 2 is 1.04 bits per heavy atom. The van der Waals surface area contributed by atoms with Gasteiger partial charge in [0.15, 0.2) is 11.5 Å². The maximum Gasteiger partial charge on any atom is 0.235 e. The van der Waals surface area contributed by atoms with Gasteiger partial charge in [0.1, 0.15) is 54.0 Å². The molecule has 0 saturated carbocycles. The molecule has 0 radical (unpaired) electrons. The fourth-order valence-corrected chi connectivity index (χ4v) is 7.77. The lowest BCUT2D eigenvalue weighted by Gasteiger charge is -2.13. The van der Waals surface area contributed by atoms with E-state index in [1.54, 1.807) is 55.3 Å². The number of aromatic nitrogens is 3. The van der Waals surface area contributed by atoms with Crippen LogP contribution in [0.2, 0.25) is 0 Å². The van der Waals surface area contributed by atoms with E-state index in [0.29, 0.717) is 101 Å². The van der Waals surface area contributed by atoms with Gasteiger partial charge in [-0.15, -0.1) is 5.10 Å². The van der Waals surface area contributed by atoms with Crippen LogP contribution in [0.1, 0.15) is 29.7 Å². The van der Waals surface area contributed by atoms with E-state index in [4.69, 9.17) is 42.0 Å². The van der Waals surface area contributed by atoms with E-state index in [-0.39, 0.29) is 35.6 Å². The summed E-state index contributed by atoms with van der Waals surface area (Å²) < 4.78 is 55.0. The van der Waals surface area contributed by atoms with Crippen molar-refractivity contribution in [3.63, 3.8) is 0 Å². The average Bonchev–Trinajstić information content (AvgIpc) is 3.86. The quantitative estimate of drug-likeness (QED) is 0.0559. The zero-order chi connectivity index (χ0) is 48.1. The van der Waals surface area contributed by atoms with Gasteiger partial charge in [0.25, 0.3) is 0 Å². The number of fused-ring (bicyclic) bond motifs is 2. The average molecular weight is 942 g/mol. The van der Waals surface area contributed by atoms with E-state index in [0.717, 1.165) is 36.1 Å². The highest BCUT2D eigenvalue weighted by Crippen LogP contribution is 2.34. The predicted molar refractivity (Wildman–Crippen MR) is 265 cm³/mol. The summed E-state index contributed by atoms with van der Waals surface area (Å²) in [6.07, 6.45) is 4.40. The lowest BCUT2D eigenvalue weighted by molar-refractivity contribution is 0.0923. The van der Waals surface area contributed by atoms with Crippen molar-refractivity contribution in [2.24, 2.45) is 0 Å². The maximum absolute atomic E-state index is 13.6. The molecule has 0 fully saturated rings. The lowest BCUT2D eigenvalue weighted by atomic mass is 10.1. The van der Waals surface area contributed by atoms with Crippen molar-refractivity contribution in [3.05, 3.63) is 189 Å². The van der Waals surface area contributed by atoms with Crippen LogP contribution in [0.5, 0.6) is 34.5 Å². The number of hydrogen-bond acceptors (Lipinski definition) is 13. The number of benzene rings is 6. The second-order valence-electron chi connectivity index (χ2n) is 16.2. The third-order valence-electron chi connectivity index (χ3n) is 11.4. The molecule has 0 unspecified atom stereocenters. The van der Waals surface area contributed by atoms with Crippen LogP contribution in [0.25, 0.3) is 44.6 Å². The minimum atomic E-state index is -0.248. The number of unbranched alkanes of at least 4 members (excludes halogenated alkanes) is 1. The number of para-hydroxylation sites is 2. The van der Waals surface area contributed by atoms with E-state index in [9.17, 15) is 9.59 Å². The maximum atomic E-state index is 13.6. The van der Waals surface area contributed by atoms with Gasteiger partial charge in [-0.25, -0.2) is 4.68 Å². The summed E-state index contributed by atoms with van der Waals surface area (Å²) in [6, 6.07) is 44.1. The Kier molecular flexibility index (Phi) is 15.1. The molecule has 0 spiro atoms. The summed E-state index contributed by atoms with van der Waals surface area (Å²) in [5.74, 6) is 3.72. The fraction of sp³-hybridized carbons (Fsp3) is 0.214. The van der Waals surface area contributed by atoms with Crippen molar-refractivity contribution in [1.82, 2.24) is 15.0 Å². The predicted octanol–water partition coefficient (Wildman–Crippen LogP) is 10.5. The van der Waals surface area contributed by atoms with Crippen LogP contribution in [0.4, 0.5) is 0 Å². The van der Waals surface area contributed by atoms with Gasteiger partial charge in [-0.3, -0.25) is 9.59 Å². The Balaban J connectivity index is 0.697. The van der Waals surface area contributed by atoms with Gasteiger partial charge in [0.2, 0.25) is 22.4 Å². The molecule has 6 aromatic carbocycles. The van der Waals surface area contributed by atoms with Gasteiger partial charge < -0.3 is 42.0 Å². The summed E-state index contributed by atoms with van der Waals surface area (Å²) >= 11 is 0. The Bertz CT molecular complexity index is 3290. The molecule has 356 valence electrons. The first-order valence-electron chi connectivity index (χ1n) is 23.0.